The Morgan fingerprint density at radius 3 is 2.67 bits per heavy atom. The van der Waals surface area contributed by atoms with Crippen LogP contribution in [0.15, 0.2) is 23.6 Å². The molecule has 0 aliphatic rings. The van der Waals surface area contributed by atoms with Crippen LogP contribution < -0.4 is 0 Å². The monoisotopic (exact) mass is 274 g/mol. The molecule has 0 amide bonds. The van der Waals surface area contributed by atoms with E-state index >= 15 is 0 Å². The Balaban J connectivity index is 2.52. The molecule has 1 aromatic heterocycles. The maximum absolute atomic E-state index is 12.9. The predicted molar refractivity (Wildman–Crippen MR) is 62.8 cm³/mol. The van der Waals surface area contributed by atoms with Gasteiger partial charge in [0.05, 0.1) is 5.56 Å². The van der Waals surface area contributed by atoms with E-state index in [1.54, 1.807) is 11.4 Å². The van der Waals surface area contributed by atoms with Crippen molar-refractivity contribution in [1.82, 2.24) is 0 Å². The molecular weight excluding hydrogens is 265 g/mol. The standard InChI is InChI=1S/C12H9F3O2S/c13-12(14,15)8-2-1-3-9-11(8)7(6-18-9)4-5-10(16)17/h1-3,6H,4-5H2,(H,16,17). The number of carboxylic acid groups (broad SMARTS) is 1. The molecule has 0 saturated heterocycles. The van der Waals surface area contributed by atoms with Gasteiger partial charge in [-0.15, -0.1) is 11.3 Å². The van der Waals surface area contributed by atoms with Gasteiger partial charge in [0.25, 0.3) is 0 Å². The number of aryl methyl sites for hydroxylation is 1. The summed E-state index contributed by atoms with van der Waals surface area (Å²) in [6.07, 6.45) is -4.47. The smallest absolute Gasteiger partial charge is 0.417 e. The Morgan fingerprint density at radius 2 is 2.06 bits per heavy atom. The van der Waals surface area contributed by atoms with Gasteiger partial charge in [-0.3, -0.25) is 4.79 Å². The van der Waals surface area contributed by atoms with Crippen LogP contribution in [-0.2, 0) is 17.4 Å². The molecule has 0 spiro atoms. The summed E-state index contributed by atoms with van der Waals surface area (Å²) in [5, 5.41) is 10.3. The summed E-state index contributed by atoms with van der Waals surface area (Å²) in [5.41, 5.74) is -0.244. The van der Waals surface area contributed by atoms with E-state index in [1.165, 1.54) is 17.4 Å². The van der Waals surface area contributed by atoms with Gasteiger partial charge in [0, 0.05) is 16.5 Å². The van der Waals surface area contributed by atoms with Crippen LogP contribution in [0.4, 0.5) is 13.2 Å². The molecule has 0 bridgehead atoms. The number of benzene rings is 1. The van der Waals surface area contributed by atoms with E-state index in [0.29, 0.717) is 10.3 Å². The topological polar surface area (TPSA) is 37.3 Å². The summed E-state index contributed by atoms with van der Waals surface area (Å²) < 4.78 is 39.1. The van der Waals surface area contributed by atoms with E-state index in [2.05, 4.69) is 0 Å². The lowest BCUT2D eigenvalue weighted by Crippen LogP contribution is -2.06. The lowest BCUT2D eigenvalue weighted by Gasteiger charge is -2.09. The van der Waals surface area contributed by atoms with Gasteiger partial charge in [-0.05, 0) is 29.5 Å². The van der Waals surface area contributed by atoms with Gasteiger partial charge >= 0.3 is 12.1 Å². The third-order valence-electron chi connectivity index (χ3n) is 2.59. The Kier molecular flexibility index (Phi) is 3.30. The van der Waals surface area contributed by atoms with Crippen molar-refractivity contribution in [3.8, 4) is 0 Å². The van der Waals surface area contributed by atoms with Crippen LogP contribution in [0.25, 0.3) is 10.1 Å². The normalized spacial score (nSPS) is 11.9. The summed E-state index contributed by atoms with van der Waals surface area (Å²) in [4.78, 5) is 10.5. The Bertz CT molecular complexity index is 587. The number of carboxylic acids is 1. The third-order valence-corrected chi connectivity index (χ3v) is 3.59. The minimum atomic E-state index is -4.42. The van der Waals surface area contributed by atoms with Crippen molar-refractivity contribution in [2.45, 2.75) is 19.0 Å². The van der Waals surface area contributed by atoms with Crippen LogP contribution in [0.2, 0.25) is 0 Å². The first-order chi connectivity index (χ1) is 8.39. The highest BCUT2D eigenvalue weighted by atomic mass is 32.1. The van der Waals surface area contributed by atoms with Gasteiger partial charge in [0.1, 0.15) is 0 Å². The van der Waals surface area contributed by atoms with Crippen molar-refractivity contribution in [1.29, 1.82) is 0 Å². The molecule has 0 radical (unpaired) electrons. The number of hydrogen-bond acceptors (Lipinski definition) is 2. The molecule has 2 rings (SSSR count). The van der Waals surface area contributed by atoms with Crippen molar-refractivity contribution >= 4 is 27.4 Å². The van der Waals surface area contributed by atoms with Crippen LogP contribution in [0.3, 0.4) is 0 Å². The lowest BCUT2D eigenvalue weighted by molar-refractivity contribution is -0.137. The minimum absolute atomic E-state index is 0.114. The summed E-state index contributed by atoms with van der Waals surface area (Å²) in [6.45, 7) is 0. The van der Waals surface area contributed by atoms with Gasteiger partial charge in [-0.1, -0.05) is 6.07 Å². The molecule has 0 atom stereocenters. The first-order valence-corrected chi connectivity index (χ1v) is 6.05. The van der Waals surface area contributed by atoms with Crippen LogP contribution in [0.5, 0.6) is 0 Å². The molecule has 1 aromatic carbocycles. The first kappa shape index (κ1) is 12.9. The SMILES string of the molecule is O=C(O)CCc1csc2cccc(C(F)(F)F)c12. The van der Waals surface area contributed by atoms with Crippen molar-refractivity contribution < 1.29 is 23.1 Å². The zero-order valence-corrected chi connectivity index (χ0v) is 9.94. The van der Waals surface area contributed by atoms with Crippen molar-refractivity contribution in [3.63, 3.8) is 0 Å². The van der Waals surface area contributed by atoms with Crippen LogP contribution in [-0.4, -0.2) is 11.1 Å². The molecule has 18 heavy (non-hydrogen) atoms. The number of hydrogen-bond donors (Lipinski definition) is 1. The van der Waals surface area contributed by atoms with E-state index in [9.17, 15) is 18.0 Å². The molecule has 0 saturated carbocycles. The fourth-order valence-corrected chi connectivity index (χ4v) is 2.84. The number of thiophene rings is 1. The van der Waals surface area contributed by atoms with E-state index < -0.39 is 17.7 Å². The maximum atomic E-state index is 12.9. The zero-order valence-electron chi connectivity index (χ0n) is 9.12. The van der Waals surface area contributed by atoms with E-state index in [-0.39, 0.29) is 18.2 Å². The fourth-order valence-electron chi connectivity index (χ4n) is 1.82. The molecule has 6 heteroatoms. The first-order valence-electron chi connectivity index (χ1n) is 5.17. The molecule has 0 unspecified atom stereocenters. The molecule has 96 valence electrons. The molecule has 1 N–H and O–H groups in total. The minimum Gasteiger partial charge on any atom is -0.481 e. The van der Waals surface area contributed by atoms with E-state index in [1.807, 2.05) is 0 Å². The van der Waals surface area contributed by atoms with E-state index in [0.717, 1.165) is 6.07 Å². The van der Waals surface area contributed by atoms with E-state index in [4.69, 9.17) is 5.11 Å². The summed E-state index contributed by atoms with van der Waals surface area (Å²) >= 11 is 1.20. The number of alkyl halides is 3. The molecule has 2 nitrogen and oxygen atoms in total. The number of aliphatic carboxylic acids is 1. The molecular formula is C12H9F3O2S. The summed E-state index contributed by atoms with van der Waals surface area (Å²) in [7, 11) is 0. The Labute approximate surface area is 105 Å². The molecule has 0 aliphatic heterocycles. The second-order valence-electron chi connectivity index (χ2n) is 3.83. The molecule has 2 aromatic rings. The summed E-state index contributed by atoms with van der Waals surface area (Å²) in [6, 6.07) is 4.00. The predicted octanol–water partition coefficient (Wildman–Crippen LogP) is 3.94. The zero-order chi connectivity index (χ0) is 13.3. The largest absolute Gasteiger partial charge is 0.481 e. The second-order valence-corrected chi connectivity index (χ2v) is 4.74. The van der Waals surface area contributed by atoms with Gasteiger partial charge < -0.3 is 5.11 Å². The molecule has 1 heterocycles. The van der Waals surface area contributed by atoms with Crippen molar-refractivity contribution in [2.24, 2.45) is 0 Å². The van der Waals surface area contributed by atoms with Gasteiger partial charge in [-0.25, -0.2) is 0 Å². The average molecular weight is 274 g/mol. The highest BCUT2D eigenvalue weighted by Crippen LogP contribution is 2.39. The Hall–Kier alpha value is -1.56. The highest BCUT2D eigenvalue weighted by Gasteiger charge is 2.33. The van der Waals surface area contributed by atoms with Crippen molar-refractivity contribution in [2.75, 3.05) is 0 Å². The van der Waals surface area contributed by atoms with Gasteiger partial charge in [-0.2, -0.15) is 13.2 Å². The number of carbonyl (C=O) groups is 1. The fraction of sp³-hybridized carbons (Fsp3) is 0.250. The van der Waals surface area contributed by atoms with Crippen LogP contribution in [0, 0.1) is 0 Å². The lowest BCUT2D eigenvalue weighted by atomic mass is 10.0. The third kappa shape index (κ3) is 2.48. The van der Waals surface area contributed by atoms with Crippen LogP contribution >= 0.6 is 11.3 Å². The Morgan fingerprint density at radius 1 is 1.33 bits per heavy atom. The quantitative estimate of drug-likeness (QED) is 0.920. The maximum Gasteiger partial charge on any atom is 0.417 e. The average Bonchev–Trinajstić information content (AvgIpc) is 2.67. The van der Waals surface area contributed by atoms with Crippen molar-refractivity contribution in [3.05, 3.63) is 34.7 Å². The van der Waals surface area contributed by atoms with Gasteiger partial charge in [0.15, 0.2) is 0 Å². The second kappa shape index (κ2) is 4.61. The number of fused-ring (bicyclic) bond motifs is 1. The van der Waals surface area contributed by atoms with Gasteiger partial charge in [0.2, 0.25) is 0 Å². The molecule has 0 aliphatic carbocycles. The van der Waals surface area contributed by atoms with Crippen LogP contribution in [0.1, 0.15) is 17.5 Å². The highest BCUT2D eigenvalue weighted by molar-refractivity contribution is 7.17. The summed E-state index contributed by atoms with van der Waals surface area (Å²) in [5.74, 6) is -1.01. The number of rotatable bonds is 3. The molecule has 0 fully saturated rings. The number of halogens is 3.